The molecule has 28 heavy (non-hydrogen) atoms. The maximum atomic E-state index is 13.3. The predicted molar refractivity (Wildman–Crippen MR) is 116 cm³/mol. The Morgan fingerprint density at radius 1 is 1.04 bits per heavy atom. The molecule has 0 aliphatic rings. The average molecular weight is 390 g/mol. The fourth-order valence-electron chi connectivity index (χ4n) is 3.54. The highest BCUT2D eigenvalue weighted by Crippen LogP contribution is 2.23. The van der Waals surface area contributed by atoms with E-state index in [4.69, 9.17) is 4.98 Å². The molecule has 0 atom stereocenters. The van der Waals surface area contributed by atoms with Gasteiger partial charge in [0.1, 0.15) is 12.4 Å². The summed E-state index contributed by atoms with van der Waals surface area (Å²) in [4.78, 5) is 21.3. The third-order valence-electron chi connectivity index (χ3n) is 4.76. The molecule has 1 amide bonds. The molecule has 0 fully saturated rings. The molecule has 0 saturated carbocycles. The van der Waals surface area contributed by atoms with Crippen LogP contribution >= 0.6 is 11.3 Å². The molecule has 4 rings (SSSR count). The van der Waals surface area contributed by atoms with Crippen LogP contribution in [-0.4, -0.2) is 21.5 Å². The number of nitrogens with zero attached hydrogens (tertiary/aromatic N) is 3. The second-order valence-corrected chi connectivity index (χ2v) is 8.08. The van der Waals surface area contributed by atoms with E-state index in [-0.39, 0.29) is 18.5 Å². The molecule has 0 radical (unpaired) electrons. The van der Waals surface area contributed by atoms with Gasteiger partial charge in [0, 0.05) is 23.0 Å². The van der Waals surface area contributed by atoms with E-state index in [1.807, 2.05) is 79.4 Å². The number of thiophene rings is 1. The molecule has 0 aliphatic heterocycles. The Bertz CT molecular complexity index is 1070. The highest BCUT2D eigenvalue weighted by Gasteiger charge is 2.22. The number of imidazole rings is 1. The van der Waals surface area contributed by atoms with Gasteiger partial charge >= 0.3 is 0 Å². The SMILES string of the molecule is CC(C)N(C(=O)Cn1c(Cc2cccs2)nc2ccccc21)c1ccccc1. The summed E-state index contributed by atoms with van der Waals surface area (Å²) < 4.78 is 2.07. The molecule has 0 saturated heterocycles. The summed E-state index contributed by atoms with van der Waals surface area (Å²) >= 11 is 1.71. The molecule has 5 heteroatoms. The highest BCUT2D eigenvalue weighted by atomic mass is 32.1. The first-order chi connectivity index (χ1) is 13.6. The summed E-state index contributed by atoms with van der Waals surface area (Å²) in [5.74, 6) is 0.991. The van der Waals surface area contributed by atoms with Crippen LogP contribution in [0.3, 0.4) is 0 Å². The normalized spacial score (nSPS) is 11.2. The number of para-hydroxylation sites is 3. The molecule has 2 aromatic heterocycles. The monoisotopic (exact) mass is 389 g/mol. The van der Waals surface area contributed by atoms with Crippen molar-refractivity contribution >= 4 is 34.0 Å². The zero-order chi connectivity index (χ0) is 19.5. The van der Waals surface area contributed by atoms with E-state index in [0.29, 0.717) is 0 Å². The molecular weight excluding hydrogens is 366 g/mol. The van der Waals surface area contributed by atoms with Crippen molar-refractivity contribution in [3.8, 4) is 0 Å². The first kappa shape index (κ1) is 18.4. The van der Waals surface area contributed by atoms with Gasteiger partial charge in [-0.25, -0.2) is 4.98 Å². The van der Waals surface area contributed by atoms with Crippen molar-refractivity contribution in [2.45, 2.75) is 32.9 Å². The number of hydrogen-bond acceptors (Lipinski definition) is 3. The number of anilines is 1. The standard InChI is InChI=1S/C23H23N3OS/c1-17(2)26(18-9-4-3-5-10-18)23(27)16-25-21-13-7-6-12-20(21)24-22(25)15-19-11-8-14-28-19/h3-14,17H,15-16H2,1-2H3. The third-order valence-corrected chi connectivity index (χ3v) is 5.64. The number of carbonyl (C=O) groups is 1. The van der Waals surface area contributed by atoms with Crippen LogP contribution in [0.2, 0.25) is 0 Å². The molecule has 2 heterocycles. The Balaban J connectivity index is 1.70. The Labute approximate surface area is 169 Å². The van der Waals surface area contributed by atoms with Crippen LogP contribution in [0.25, 0.3) is 11.0 Å². The number of rotatable bonds is 6. The molecule has 0 unspecified atom stereocenters. The van der Waals surface area contributed by atoms with Crippen molar-refractivity contribution in [3.63, 3.8) is 0 Å². The van der Waals surface area contributed by atoms with Crippen molar-refractivity contribution in [2.24, 2.45) is 0 Å². The molecule has 0 N–H and O–H groups in total. The number of carbonyl (C=O) groups excluding carboxylic acids is 1. The Morgan fingerprint density at radius 2 is 1.79 bits per heavy atom. The van der Waals surface area contributed by atoms with Crippen LogP contribution in [0.4, 0.5) is 5.69 Å². The zero-order valence-corrected chi connectivity index (χ0v) is 16.9. The first-order valence-corrected chi connectivity index (χ1v) is 10.3. The lowest BCUT2D eigenvalue weighted by molar-refractivity contribution is -0.119. The topological polar surface area (TPSA) is 38.1 Å². The summed E-state index contributed by atoms with van der Waals surface area (Å²) in [6, 6.07) is 22.1. The molecule has 0 bridgehead atoms. The highest BCUT2D eigenvalue weighted by molar-refractivity contribution is 7.09. The van der Waals surface area contributed by atoms with Gasteiger partial charge in [0.05, 0.1) is 11.0 Å². The van der Waals surface area contributed by atoms with Crippen LogP contribution in [0.5, 0.6) is 0 Å². The smallest absolute Gasteiger partial charge is 0.247 e. The zero-order valence-electron chi connectivity index (χ0n) is 16.1. The largest absolute Gasteiger partial charge is 0.318 e. The van der Waals surface area contributed by atoms with E-state index in [2.05, 4.69) is 16.0 Å². The maximum Gasteiger partial charge on any atom is 0.247 e. The molecule has 4 aromatic rings. The number of aromatic nitrogens is 2. The number of benzene rings is 2. The van der Waals surface area contributed by atoms with E-state index >= 15 is 0 Å². The molecular formula is C23H23N3OS. The maximum absolute atomic E-state index is 13.3. The number of hydrogen-bond donors (Lipinski definition) is 0. The summed E-state index contributed by atoms with van der Waals surface area (Å²) in [5, 5.41) is 2.07. The minimum atomic E-state index is 0.0665. The van der Waals surface area contributed by atoms with Crippen LogP contribution in [0, 0.1) is 0 Å². The second kappa shape index (κ2) is 7.98. The molecule has 0 aliphatic carbocycles. The van der Waals surface area contributed by atoms with Gasteiger partial charge in [-0.05, 0) is 49.6 Å². The molecule has 142 valence electrons. The lowest BCUT2D eigenvalue weighted by atomic mass is 10.2. The van der Waals surface area contributed by atoms with Crippen LogP contribution in [-0.2, 0) is 17.8 Å². The van der Waals surface area contributed by atoms with Gasteiger partial charge < -0.3 is 9.47 Å². The van der Waals surface area contributed by atoms with Crippen molar-refractivity contribution in [1.82, 2.24) is 9.55 Å². The summed E-state index contributed by atoms with van der Waals surface area (Å²) in [5.41, 5.74) is 2.85. The van der Waals surface area contributed by atoms with E-state index in [1.54, 1.807) is 11.3 Å². The molecule has 4 nitrogen and oxygen atoms in total. The summed E-state index contributed by atoms with van der Waals surface area (Å²) in [7, 11) is 0. The Kier molecular flexibility index (Phi) is 5.26. The summed E-state index contributed by atoms with van der Waals surface area (Å²) in [6.45, 7) is 4.36. The minimum absolute atomic E-state index is 0.0665. The lowest BCUT2D eigenvalue weighted by Gasteiger charge is -2.27. The van der Waals surface area contributed by atoms with E-state index in [0.717, 1.165) is 29.0 Å². The van der Waals surface area contributed by atoms with Crippen molar-refractivity contribution in [3.05, 3.63) is 82.8 Å². The van der Waals surface area contributed by atoms with Crippen LogP contribution in [0.1, 0.15) is 24.5 Å². The van der Waals surface area contributed by atoms with Gasteiger partial charge in [0.2, 0.25) is 5.91 Å². The quantitative estimate of drug-likeness (QED) is 0.458. The average Bonchev–Trinajstić information content (AvgIpc) is 3.31. The van der Waals surface area contributed by atoms with Crippen molar-refractivity contribution < 1.29 is 4.79 Å². The third kappa shape index (κ3) is 3.71. The minimum Gasteiger partial charge on any atom is -0.318 e. The Hall–Kier alpha value is -2.92. The van der Waals surface area contributed by atoms with Gasteiger partial charge in [-0.2, -0.15) is 0 Å². The molecule has 0 spiro atoms. The first-order valence-electron chi connectivity index (χ1n) is 9.47. The van der Waals surface area contributed by atoms with Gasteiger partial charge in [-0.3, -0.25) is 4.79 Å². The van der Waals surface area contributed by atoms with E-state index < -0.39 is 0 Å². The fraction of sp³-hybridized carbons (Fsp3) is 0.217. The van der Waals surface area contributed by atoms with Gasteiger partial charge in [-0.15, -0.1) is 11.3 Å². The second-order valence-electron chi connectivity index (χ2n) is 7.05. The van der Waals surface area contributed by atoms with Crippen LogP contribution < -0.4 is 4.90 Å². The van der Waals surface area contributed by atoms with Gasteiger partial charge in [0.15, 0.2) is 0 Å². The van der Waals surface area contributed by atoms with Crippen molar-refractivity contribution in [1.29, 1.82) is 0 Å². The number of fused-ring (bicyclic) bond motifs is 1. The van der Waals surface area contributed by atoms with E-state index in [1.165, 1.54) is 4.88 Å². The van der Waals surface area contributed by atoms with Crippen molar-refractivity contribution in [2.75, 3.05) is 4.90 Å². The fourth-order valence-corrected chi connectivity index (χ4v) is 4.24. The predicted octanol–water partition coefficient (Wildman–Crippen LogP) is 5.13. The van der Waals surface area contributed by atoms with Gasteiger partial charge in [-0.1, -0.05) is 36.4 Å². The summed E-state index contributed by atoms with van der Waals surface area (Å²) in [6.07, 6.45) is 0.729. The molecule has 2 aromatic carbocycles. The Morgan fingerprint density at radius 3 is 2.50 bits per heavy atom. The number of amides is 1. The lowest BCUT2D eigenvalue weighted by Crippen LogP contribution is -2.39. The van der Waals surface area contributed by atoms with Gasteiger partial charge in [0.25, 0.3) is 0 Å². The van der Waals surface area contributed by atoms with E-state index in [9.17, 15) is 4.79 Å². The van der Waals surface area contributed by atoms with Crippen LogP contribution in [0.15, 0.2) is 72.1 Å².